The van der Waals surface area contributed by atoms with Crippen LogP contribution < -0.4 is 0 Å². The third-order valence-corrected chi connectivity index (χ3v) is 3.67. The van der Waals surface area contributed by atoms with Crippen LogP contribution in [0.25, 0.3) is 0 Å². The average molecular weight is 262 g/mol. The molecule has 0 bridgehead atoms. The second-order valence-electron chi connectivity index (χ2n) is 4.33. The van der Waals surface area contributed by atoms with Crippen LogP contribution in [0, 0.1) is 5.92 Å². The minimum atomic E-state index is -0.454. The van der Waals surface area contributed by atoms with Crippen LogP contribution in [0.4, 0.5) is 0 Å². The van der Waals surface area contributed by atoms with Gasteiger partial charge in [0, 0.05) is 6.42 Å². The first-order valence-corrected chi connectivity index (χ1v) is 7.79. The Kier molecular flexibility index (Phi) is 10.8. The summed E-state index contributed by atoms with van der Waals surface area (Å²) in [5.41, 5.74) is -0.454. The summed E-state index contributed by atoms with van der Waals surface area (Å²) in [5, 5.41) is 9.30. The molecular formula is C13H26O3S. The maximum atomic E-state index is 11.4. The van der Waals surface area contributed by atoms with Crippen molar-refractivity contribution in [1.82, 2.24) is 0 Å². The predicted octanol–water partition coefficient (Wildman–Crippen LogP) is 3.21. The molecule has 0 rings (SSSR count). The molecule has 17 heavy (non-hydrogen) atoms. The zero-order valence-corrected chi connectivity index (χ0v) is 12.1. The highest BCUT2D eigenvalue weighted by atomic mass is 32.2. The number of hydrogen-bond donors (Lipinski definition) is 1. The fourth-order valence-corrected chi connectivity index (χ4v) is 1.89. The molecule has 2 atom stereocenters. The number of aliphatic hydroxyl groups excluding tert-OH is 1. The zero-order chi connectivity index (χ0) is 13.1. The van der Waals surface area contributed by atoms with Crippen LogP contribution in [-0.4, -0.2) is 29.4 Å². The number of aliphatic hydroxyl groups is 1. The third-order valence-electron chi connectivity index (χ3n) is 2.89. The van der Waals surface area contributed by atoms with Gasteiger partial charge in [-0.1, -0.05) is 33.1 Å². The van der Waals surface area contributed by atoms with Gasteiger partial charge in [0.1, 0.15) is 0 Å². The van der Waals surface area contributed by atoms with Crippen molar-refractivity contribution in [2.24, 2.45) is 5.92 Å². The SMILES string of the molecule is CCCCC(CC)COC(=O)CCC(O)SC. The highest BCUT2D eigenvalue weighted by Crippen LogP contribution is 2.14. The number of ether oxygens (including phenoxy) is 1. The fraction of sp³-hybridized carbons (Fsp3) is 0.923. The molecule has 0 aromatic carbocycles. The van der Waals surface area contributed by atoms with E-state index in [9.17, 15) is 9.90 Å². The molecule has 0 aliphatic heterocycles. The summed E-state index contributed by atoms with van der Waals surface area (Å²) in [6.07, 6.45) is 7.19. The topological polar surface area (TPSA) is 46.5 Å². The first-order chi connectivity index (χ1) is 8.13. The van der Waals surface area contributed by atoms with Gasteiger partial charge in [0.05, 0.1) is 12.0 Å². The smallest absolute Gasteiger partial charge is 0.305 e. The summed E-state index contributed by atoms with van der Waals surface area (Å²) in [5.74, 6) is 0.303. The summed E-state index contributed by atoms with van der Waals surface area (Å²) in [6, 6.07) is 0. The van der Waals surface area contributed by atoms with E-state index >= 15 is 0 Å². The molecule has 0 heterocycles. The summed E-state index contributed by atoms with van der Waals surface area (Å²) in [7, 11) is 0. The van der Waals surface area contributed by atoms with Crippen molar-refractivity contribution < 1.29 is 14.6 Å². The minimum Gasteiger partial charge on any atom is -0.465 e. The van der Waals surface area contributed by atoms with Crippen LogP contribution in [0.3, 0.4) is 0 Å². The van der Waals surface area contributed by atoms with E-state index in [2.05, 4.69) is 13.8 Å². The van der Waals surface area contributed by atoms with Gasteiger partial charge in [0.15, 0.2) is 0 Å². The van der Waals surface area contributed by atoms with Crippen LogP contribution in [0.1, 0.15) is 52.4 Å². The van der Waals surface area contributed by atoms with Gasteiger partial charge in [0.2, 0.25) is 0 Å². The molecule has 0 fully saturated rings. The summed E-state index contributed by atoms with van der Waals surface area (Å²) in [4.78, 5) is 11.4. The first kappa shape index (κ1) is 16.8. The lowest BCUT2D eigenvalue weighted by molar-refractivity contribution is -0.145. The second kappa shape index (κ2) is 10.9. The number of thioether (sulfide) groups is 1. The number of hydrogen-bond acceptors (Lipinski definition) is 4. The van der Waals surface area contributed by atoms with Crippen molar-refractivity contribution in [3.63, 3.8) is 0 Å². The number of rotatable bonds is 10. The molecule has 0 aliphatic rings. The van der Waals surface area contributed by atoms with Gasteiger partial charge >= 0.3 is 5.97 Å². The van der Waals surface area contributed by atoms with Crippen LogP contribution in [-0.2, 0) is 9.53 Å². The van der Waals surface area contributed by atoms with Crippen LogP contribution in [0.5, 0.6) is 0 Å². The first-order valence-electron chi connectivity index (χ1n) is 6.50. The van der Waals surface area contributed by atoms with Crippen molar-refractivity contribution in [3.05, 3.63) is 0 Å². The Labute approximate surface area is 109 Å². The van der Waals surface area contributed by atoms with E-state index in [-0.39, 0.29) is 5.97 Å². The third kappa shape index (κ3) is 9.48. The molecule has 0 saturated carbocycles. The van der Waals surface area contributed by atoms with Crippen LogP contribution >= 0.6 is 11.8 Å². The van der Waals surface area contributed by atoms with E-state index in [1.165, 1.54) is 24.6 Å². The molecule has 0 spiro atoms. The van der Waals surface area contributed by atoms with Crippen molar-refractivity contribution in [2.75, 3.05) is 12.9 Å². The Balaban J connectivity index is 3.65. The molecule has 0 radical (unpaired) electrons. The molecule has 102 valence electrons. The Morgan fingerprint density at radius 2 is 2.06 bits per heavy atom. The number of carbonyl (C=O) groups is 1. The lowest BCUT2D eigenvalue weighted by Gasteiger charge is -2.14. The Hall–Kier alpha value is -0.220. The van der Waals surface area contributed by atoms with E-state index in [4.69, 9.17) is 4.74 Å². The van der Waals surface area contributed by atoms with Gasteiger partial charge in [-0.3, -0.25) is 4.79 Å². The lowest BCUT2D eigenvalue weighted by atomic mass is 10.0. The zero-order valence-electron chi connectivity index (χ0n) is 11.3. The molecule has 0 aromatic heterocycles. The molecular weight excluding hydrogens is 236 g/mol. The van der Waals surface area contributed by atoms with E-state index in [0.29, 0.717) is 25.4 Å². The maximum absolute atomic E-state index is 11.4. The van der Waals surface area contributed by atoms with Gasteiger partial charge in [-0.15, -0.1) is 11.8 Å². The number of esters is 1. The fourth-order valence-electron chi connectivity index (χ4n) is 1.54. The molecule has 1 N–H and O–H groups in total. The lowest BCUT2D eigenvalue weighted by Crippen LogP contribution is -2.15. The minimum absolute atomic E-state index is 0.187. The molecule has 0 aliphatic carbocycles. The summed E-state index contributed by atoms with van der Waals surface area (Å²) in [6.45, 7) is 4.83. The number of carbonyl (C=O) groups excluding carboxylic acids is 1. The van der Waals surface area contributed by atoms with Crippen LogP contribution in [0.15, 0.2) is 0 Å². The molecule has 2 unspecified atom stereocenters. The Morgan fingerprint density at radius 3 is 2.59 bits per heavy atom. The maximum Gasteiger partial charge on any atom is 0.305 e. The van der Waals surface area contributed by atoms with Crippen molar-refractivity contribution in [2.45, 2.75) is 57.8 Å². The normalized spacial score (nSPS) is 14.4. The van der Waals surface area contributed by atoms with Gasteiger partial charge < -0.3 is 9.84 Å². The predicted molar refractivity (Wildman–Crippen MR) is 73.0 cm³/mol. The Bertz CT molecular complexity index is 197. The molecule has 4 heteroatoms. The average Bonchev–Trinajstić information content (AvgIpc) is 2.36. The second-order valence-corrected chi connectivity index (χ2v) is 5.34. The molecule has 0 saturated heterocycles. The Morgan fingerprint density at radius 1 is 1.35 bits per heavy atom. The quantitative estimate of drug-likeness (QED) is 0.485. The number of unbranched alkanes of at least 4 members (excludes halogenated alkanes) is 1. The van der Waals surface area contributed by atoms with E-state index in [0.717, 1.165) is 12.8 Å². The molecule has 3 nitrogen and oxygen atoms in total. The van der Waals surface area contributed by atoms with E-state index < -0.39 is 5.44 Å². The summed E-state index contributed by atoms with van der Waals surface area (Å²) >= 11 is 1.35. The highest BCUT2D eigenvalue weighted by molar-refractivity contribution is 7.99. The van der Waals surface area contributed by atoms with Crippen molar-refractivity contribution >= 4 is 17.7 Å². The largest absolute Gasteiger partial charge is 0.465 e. The van der Waals surface area contributed by atoms with Gasteiger partial charge in [0.25, 0.3) is 0 Å². The van der Waals surface area contributed by atoms with Crippen molar-refractivity contribution in [1.29, 1.82) is 0 Å². The molecule has 0 amide bonds. The van der Waals surface area contributed by atoms with Crippen molar-refractivity contribution in [3.8, 4) is 0 Å². The van der Waals surface area contributed by atoms with Gasteiger partial charge in [-0.05, 0) is 25.0 Å². The highest BCUT2D eigenvalue weighted by Gasteiger charge is 2.11. The van der Waals surface area contributed by atoms with E-state index in [1.54, 1.807) is 0 Å². The van der Waals surface area contributed by atoms with E-state index in [1.807, 2.05) is 6.26 Å². The standard InChI is InChI=1S/C13H26O3S/c1-4-6-7-11(5-2)10-16-12(14)8-9-13(15)17-3/h11,13,15H,4-10H2,1-3H3. The monoisotopic (exact) mass is 262 g/mol. The van der Waals surface area contributed by atoms with Gasteiger partial charge in [-0.2, -0.15) is 0 Å². The molecule has 0 aromatic rings. The van der Waals surface area contributed by atoms with Crippen LogP contribution in [0.2, 0.25) is 0 Å². The summed E-state index contributed by atoms with van der Waals surface area (Å²) < 4.78 is 5.23. The van der Waals surface area contributed by atoms with Gasteiger partial charge in [-0.25, -0.2) is 0 Å².